The topological polar surface area (TPSA) is 86.5 Å². The fourth-order valence-electron chi connectivity index (χ4n) is 4.24. The zero-order valence-electron chi connectivity index (χ0n) is 16.1. The van der Waals surface area contributed by atoms with Crippen LogP contribution < -0.4 is 14.8 Å². The Balaban J connectivity index is 1.54. The van der Waals surface area contributed by atoms with Gasteiger partial charge in [-0.2, -0.15) is 0 Å². The number of anilines is 1. The summed E-state index contributed by atoms with van der Waals surface area (Å²) in [5, 5.41) is 11.7. The van der Waals surface area contributed by atoms with Crippen LogP contribution >= 0.6 is 0 Å². The number of aryl methyl sites for hydroxylation is 1. The van der Waals surface area contributed by atoms with Crippen LogP contribution in [0.4, 0.5) is 10.2 Å². The van der Waals surface area contributed by atoms with Gasteiger partial charge in [0.1, 0.15) is 24.2 Å². The third-order valence-corrected chi connectivity index (χ3v) is 5.72. The third-order valence-electron chi connectivity index (χ3n) is 5.72. The summed E-state index contributed by atoms with van der Waals surface area (Å²) in [4.78, 5) is 8.45. The number of hydrogen-bond acceptors (Lipinski definition) is 7. The number of benzene rings is 1. The van der Waals surface area contributed by atoms with E-state index < -0.39 is 0 Å². The van der Waals surface area contributed by atoms with E-state index in [0.717, 1.165) is 28.1 Å². The first-order chi connectivity index (χ1) is 14.7. The molecule has 0 bridgehead atoms. The van der Waals surface area contributed by atoms with E-state index in [4.69, 9.17) is 9.47 Å². The molecule has 0 saturated carbocycles. The molecule has 150 valence electrons. The van der Waals surface area contributed by atoms with Crippen molar-refractivity contribution >= 4 is 11.5 Å². The highest BCUT2D eigenvalue weighted by Crippen LogP contribution is 2.41. The quantitative estimate of drug-likeness (QED) is 0.522. The Bertz CT molecular complexity index is 1300. The molecule has 8 nitrogen and oxygen atoms in total. The molecule has 0 aliphatic carbocycles. The van der Waals surface area contributed by atoms with Crippen LogP contribution in [0.2, 0.25) is 0 Å². The van der Waals surface area contributed by atoms with Gasteiger partial charge in [0, 0.05) is 40.7 Å². The molecule has 30 heavy (non-hydrogen) atoms. The van der Waals surface area contributed by atoms with Gasteiger partial charge < -0.3 is 14.8 Å². The second-order valence-electron chi connectivity index (χ2n) is 7.43. The molecule has 9 heteroatoms. The van der Waals surface area contributed by atoms with Crippen LogP contribution in [0.25, 0.3) is 16.8 Å². The normalized spacial score (nSPS) is 17.1. The number of nitrogens with one attached hydrogen (secondary N) is 1. The predicted octanol–water partition coefficient (Wildman–Crippen LogP) is 3.11. The highest BCUT2D eigenvalue weighted by atomic mass is 19.1. The van der Waals surface area contributed by atoms with Crippen molar-refractivity contribution in [2.45, 2.75) is 19.4 Å². The number of rotatable bonds is 1. The second-order valence-corrected chi connectivity index (χ2v) is 7.43. The highest BCUT2D eigenvalue weighted by molar-refractivity contribution is 5.82. The molecule has 2 aliphatic heterocycles. The van der Waals surface area contributed by atoms with Gasteiger partial charge in [0.25, 0.3) is 0 Å². The summed E-state index contributed by atoms with van der Waals surface area (Å²) in [6.45, 7) is 3.05. The van der Waals surface area contributed by atoms with Gasteiger partial charge in [-0.05, 0) is 25.1 Å². The summed E-state index contributed by atoms with van der Waals surface area (Å²) in [5.74, 6) is 1.72. The van der Waals surface area contributed by atoms with Gasteiger partial charge in [0.2, 0.25) is 0 Å². The fraction of sp³-hybridized carbons (Fsp3) is 0.238. The standard InChI is InChI=1S/C21H17FN6O2/c1-11-14(5-23-9-25-11)13-4-18-21(28-10-26-27-20(13)28)24-6-15-16(22)2-3-17-19(15)12(7-29-17)8-30-18/h2-5,9-10,12,24H,6-8H2,1H3/t12-/m1/s1. The van der Waals surface area contributed by atoms with E-state index in [1.807, 2.05) is 17.4 Å². The highest BCUT2D eigenvalue weighted by Gasteiger charge is 2.31. The molecule has 0 saturated heterocycles. The number of halogens is 1. The molecule has 0 unspecified atom stereocenters. The van der Waals surface area contributed by atoms with Crippen LogP contribution in [0.15, 0.2) is 37.1 Å². The maximum Gasteiger partial charge on any atom is 0.170 e. The summed E-state index contributed by atoms with van der Waals surface area (Å²) >= 11 is 0. The molecule has 4 aromatic rings. The first kappa shape index (κ1) is 17.1. The number of aromatic nitrogens is 5. The van der Waals surface area contributed by atoms with E-state index >= 15 is 0 Å². The summed E-state index contributed by atoms with van der Waals surface area (Å²) in [5.41, 5.74) is 4.62. The van der Waals surface area contributed by atoms with Crippen LogP contribution in [0, 0.1) is 12.7 Å². The lowest BCUT2D eigenvalue weighted by molar-refractivity contribution is 0.249. The maximum atomic E-state index is 14.7. The van der Waals surface area contributed by atoms with E-state index in [0.29, 0.717) is 42.5 Å². The fourth-order valence-corrected chi connectivity index (χ4v) is 4.24. The first-order valence-corrected chi connectivity index (χ1v) is 9.65. The number of fused-ring (bicyclic) bond motifs is 3. The molecular weight excluding hydrogens is 387 g/mol. The number of hydrogen-bond donors (Lipinski definition) is 1. The van der Waals surface area contributed by atoms with Crippen molar-refractivity contribution in [3.63, 3.8) is 0 Å². The molecule has 0 fully saturated rings. The lowest BCUT2D eigenvalue weighted by Gasteiger charge is -2.17. The van der Waals surface area contributed by atoms with Crippen molar-refractivity contribution in [3.8, 4) is 22.6 Å². The molecule has 0 radical (unpaired) electrons. The first-order valence-electron chi connectivity index (χ1n) is 9.65. The Morgan fingerprint density at radius 2 is 2.03 bits per heavy atom. The van der Waals surface area contributed by atoms with Crippen molar-refractivity contribution < 1.29 is 13.9 Å². The minimum atomic E-state index is -0.256. The van der Waals surface area contributed by atoms with Gasteiger partial charge in [-0.3, -0.25) is 4.40 Å². The van der Waals surface area contributed by atoms with E-state index in [1.54, 1.807) is 18.6 Å². The molecule has 0 spiro atoms. The monoisotopic (exact) mass is 404 g/mol. The van der Waals surface area contributed by atoms with Crippen molar-refractivity contribution in [2.75, 3.05) is 18.5 Å². The van der Waals surface area contributed by atoms with Crippen LogP contribution in [0.5, 0.6) is 11.5 Å². The SMILES string of the molecule is Cc1ncncc1-c1cc2c(n3cnnc13)NCc1c(F)ccc3c1[C@H](CO3)CO2. The molecule has 3 aromatic heterocycles. The lowest BCUT2D eigenvalue weighted by atomic mass is 9.96. The minimum absolute atomic E-state index is 0.0414. The molecule has 0 amide bonds. The van der Waals surface area contributed by atoms with Crippen LogP contribution in [-0.4, -0.2) is 37.8 Å². The van der Waals surface area contributed by atoms with Gasteiger partial charge in [0.05, 0.1) is 19.1 Å². The van der Waals surface area contributed by atoms with Gasteiger partial charge >= 0.3 is 0 Å². The molecule has 5 heterocycles. The zero-order valence-corrected chi connectivity index (χ0v) is 16.1. The molecule has 1 atom stereocenters. The molecule has 1 aromatic carbocycles. The third kappa shape index (κ3) is 2.44. The average molecular weight is 404 g/mol. The van der Waals surface area contributed by atoms with Gasteiger partial charge in [-0.15, -0.1) is 10.2 Å². The van der Waals surface area contributed by atoms with Crippen molar-refractivity contribution in [2.24, 2.45) is 0 Å². The van der Waals surface area contributed by atoms with Crippen LogP contribution in [0.1, 0.15) is 22.7 Å². The Morgan fingerprint density at radius 1 is 1.17 bits per heavy atom. The summed E-state index contributed by atoms with van der Waals surface area (Å²) < 4.78 is 28.5. The van der Waals surface area contributed by atoms with Crippen molar-refractivity contribution in [1.29, 1.82) is 0 Å². The Kier molecular flexibility index (Phi) is 3.64. The van der Waals surface area contributed by atoms with Gasteiger partial charge in [-0.1, -0.05) is 0 Å². The van der Waals surface area contributed by atoms with Crippen molar-refractivity contribution in [1.82, 2.24) is 24.6 Å². The van der Waals surface area contributed by atoms with Crippen LogP contribution in [-0.2, 0) is 6.54 Å². The average Bonchev–Trinajstić information content (AvgIpc) is 3.40. The second kappa shape index (κ2) is 6.38. The smallest absolute Gasteiger partial charge is 0.170 e. The summed E-state index contributed by atoms with van der Waals surface area (Å²) in [6.07, 6.45) is 4.88. The van der Waals surface area contributed by atoms with Crippen molar-refractivity contribution in [3.05, 3.63) is 59.7 Å². The van der Waals surface area contributed by atoms with Gasteiger partial charge in [0.15, 0.2) is 17.2 Å². The lowest BCUT2D eigenvalue weighted by Crippen LogP contribution is -2.13. The molecular formula is C21H17FN6O2. The maximum absolute atomic E-state index is 14.7. The largest absolute Gasteiger partial charge is 0.493 e. The van der Waals surface area contributed by atoms with E-state index in [1.165, 1.54) is 12.4 Å². The Labute approximate surface area is 170 Å². The summed E-state index contributed by atoms with van der Waals surface area (Å²) in [7, 11) is 0. The summed E-state index contributed by atoms with van der Waals surface area (Å²) in [6, 6.07) is 5.06. The van der Waals surface area contributed by atoms with Crippen LogP contribution in [0.3, 0.4) is 0 Å². The minimum Gasteiger partial charge on any atom is -0.493 e. The van der Waals surface area contributed by atoms with Gasteiger partial charge in [-0.25, -0.2) is 14.4 Å². The number of pyridine rings is 1. The molecule has 6 rings (SSSR count). The zero-order chi connectivity index (χ0) is 20.2. The number of ether oxygens (including phenoxy) is 2. The Hall–Kier alpha value is -3.75. The molecule has 1 N–H and O–H groups in total. The van der Waals surface area contributed by atoms with E-state index in [2.05, 4.69) is 25.5 Å². The number of nitrogens with zero attached hydrogens (tertiary/aromatic N) is 5. The molecule has 2 aliphatic rings. The Morgan fingerprint density at radius 3 is 2.90 bits per heavy atom. The van der Waals surface area contributed by atoms with E-state index in [-0.39, 0.29) is 11.7 Å². The van der Waals surface area contributed by atoms with E-state index in [9.17, 15) is 4.39 Å². The predicted molar refractivity (Wildman–Crippen MR) is 106 cm³/mol.